The van der Waals surface area contributed by atoms with Crippen LogP contribution in [-0.4, -0.2) is 29.2 Å². The third-order valence-corrected chi connectivity index (χ3v) is 2.59. The van der Waals surface area contributed by atoms with E-state index in [2.05, 4.69) is 0 Å². The average molecular weight is 183 g/mol. The zero-order valence-electron chi connectivity index (χ0n) is 8.38. The number of hydrogen-bond donors (Lipinski definition) is 0. The smallest absolute Gasteiger partial charge is 0.223 e. The lowest BCUT2D eigenvalue weighted by molar-refractivity contribution is -0.141. The van der Waals surface area contributed by atoms with Gasteiger partial charge in [-0.2, -0.15) is 0 Å². The molecule has 1 rings (SSSR count). The molecule has 0 unspecified atom stereocenters. The molecule has 1 atom stereocenters. The summed E-state index contributed by atoms with van der Waals surface area (Å²) in [6.07, 6.45) is 3.37. The Balaban J connectivity index is 2.65. The van der Waals surface area contributed by atoms with Gasteiger partial charge in [0.1, 0.15) is 0 Å². The second kappa shape index (κ2) is 4.40. The fourth-order valence-electron chi connectivity index (χ4n) is 1.88. The van der Waals surface area contributed by atoms with E-state index in [9.17, 15) is 9.59 Å². The molecule has 13 heavy (non-hydrogen) atoms. The van der Waals surface area contributed by atoms with Gasteiger partial charge in [-0.3, -0.25) is 9.59 Å². The van der Waals surface area contributed by atoms with Crippen molar-refractivity contribution >= 4 is 11.7 Å². The average Bonchev–Trinajstić information content (AvgIpc) is 2.09. The Morgan fingerprint density at radius 2 is 2.23 bits per heavy atom. The Labute approximate surface area is 79.1 Å². The molecule has 0 aromatic rings. The van der Waals surface area contributed by atoms with Crippen LogP contribution in [0.3, 0.4) is 0 Å². The van der Waals surface area contributed by atoms with E-state index in [0.717, 1.165) is 25.8 Å². The highest BCUT2D eigenvalue weighted by molar-refractivity contribution is 5.87. The van der Waals surface area contributed by atoms with Crippen LogP contribution in [0.4, 0.5) is 0 Å². The Hall–Kier alpha value is -0.860. The molecule has 1 saturated heterocycles. The number of carbonyl (C=O) groups excluding carboxylic acids is 2. The summed E-state index contributed by atoms with van der Waals surface area (Å²) in [5.41, 5.74) is 0. The zero-order valence-corrected chi connectivity index (χ0v) is 8.38. The summed E-state index contributed by atoms with van der Waals surface area (Å²) in [6, 6.07) is -0.173. The molecule has 1 heterocycles. The van der Waals surface area contributed by atoms with E-state index in [-0.39, 0.29) is 17.7 Å². The van der Waals surface area contributed by atoms with Gasteiger partial charge in [0.2, 0.25) is 5.91 Å². The van der Waals surface area contributed by atoms with Crippen LogP contribution in [0.1, 0.15) is 39.5 Å². The Bertz CT molecular complexity index is 213. The van der Waals surface area contributed by atoms with Crippen molar-refractivity contribution in [3.8, 4) is 0 Å². The van der Waals surface area contributed by atoms with E-state index in [4.69, 9.17) is 0 Å². The number of hydrogen-bond acceptors (Lipinski definition) is 2. The summed E-state index contributed by atoms with van der Waals surface area (Å²) >= 11 is 0. The number of Topliss-reactive ketones (excluding diaryl/α,β-unsaturated/α-hetero) is 1. The van der Waals surface area contributed by atoms with Gasteiger partial charge in [-0.05, 0) is 26.2 Å². The van der Waals surface area contributed by atoms with E-state index < -0.39 is 0 Å². The molecule has 1 aliphatic heterocycles. The predicted octanol–water partition coefficient (Wildman–Crippen LogP) is 1.37. The highest BCUT2D eigenvalue weighted by Crippen LogP contribution is 2.16. The molecule has 0 N–H and O–H groups in total. The Morgan fingerprint density at radius 3 is 2.69 bits per heavy atom. The van der Waals surface area contributed by atoms with Gasteiger partial charge in [-0.15, -0.1) is 0 Å². The molecular weight excluding hydrogens is 166 g/mol. The maximum absolute atomic E-state index is 11.5. The molecule has 1 aliphatic rings. The molecule has 1 amide bonds. The van der Waals surface area contributed by atoms with Gasteiger partial charge in [0.15, 0.2) is 5.78 Å². The zero-order chi connectivity index (χ0) is 9.84. The van der Waals surface area contributed by atoms with Crippen LogP contribution in [-0.2, 0) is 9.59 Å². The van der Waals surface area contributed by atoms with Crippen LogP contribution in [0.2, 0.25) is 0 Å². The molecule has 0 aliphatic carbocycles. The van der Waals surface area contributed by atoms with Gasteiger partial charge in [-0.1, -0.05) is 6.92 Å². The maximum Gasteiger partial charge on any atom is 0.223 e. The second-order valence-electron chi connectivity index (χ2n) is 3.58. The van der Waals surface area contributed by atoms with E-state index >= 15 is 0 Å². The van der Waals surface area contributed by atoms with Crippen molar-refractivity contribution in [3.63, 3.8) is 0 Å². The summed E-state index contributed by atoms with van der Waals surface area (Å²) < 4.78 is 0. The number of rotatable bonds is 3. The van der Waals surface area contributed by atoms with E-state index in [1.165, 1.54) is 0 Å². The molecule has 74 valence electrons. The maximum atomic E-state index is 11.5. The molecular formula is C10H17NO2. The Morgan fingerprint density at radius 1 is 1.54 bits per heavy atom. The van der Waals surface area contributed by atoms with Crippen LogP contribution in [0.25, 0.3) is 0 Å². The first-order chi connectivity index (χ1) is 6.16. The Kier molecular flexibility index (Phi) is 3.46. The van der Waals surface area contributed by atoms with Gasteiger partial charge in [0.05, 0.1) is 6.04 Å². The monoisotopic (exact) mass is 183 g/mol. The number of nitrogens with zero attached hydrogens (tertiary/aromatic N) is 1. The van der Waals surface area contributed by atoms with Crippen LogP contribution < -0.4 is 0 Å². The third-order valence-electron chi connectivity index (χ3n) is 2.59. The minimum atomic E-state index is -0.173. The van der Waals surface area contributed by atoms with Crippen molar-refractivity contribution in [2.45, 2.75) is 45.6 Å². The summed E-state index contributed by atoms with van der Waals surface area (Å²) in [5.74, 6) is 0.256. The van der Waals surface area contributed by atoms with Crippen molar-refractivity contribution in [1.82, 2.24) is 4.90 Å². The van der Waals surface area contributed by atoms with E-state index in [1.54, 1.807) is 11.8 Å². The van der Waals surface area contributed by atoms with Crippen molar-refractivity contribution in [2.24, 2.45) is 0 Å². The molecule has 3 heteroatoms. The molecule has 0 bridgehead atoms. The summed E-state index contributed by atoms with van der Waals surface area (Å²) in [7, 11) is 0. The lowest BCUT2D eigenvalue weighted by Crippen LogP contribution is -2.46. The van der Waals surface area contributed by atoms with Crippen molar-refractivity contribution in [3.05, 3.63) is 0 Å². The summed E-state index contributed by atoms with van der Waals surface area (Å²) in [5, 5.41) is 0. The lowest BCUT2D eigenvalue weighted by atomic mass is 10.0. The number of amides is 1. The van der Waals surface area contributed by atoms with Gasteiger partial charge < -0.3 is 4.90 Å². The van der Waals surface area contributed by atoms with Crippen LogP contribution in [0.5, 0.6) is 0 Å². The minimum absolute atomic E-state index is 0.109. The molecule has 0 spiro atoms. The van der Waals surface area contributed by atoms with Crippen LogP contribution in [0, 0.1) is 0 Å². The molecule has 0 aromatic carbocycles. The predicted molar refractivity (Wildman–Crippen MR) is 50.3 cm³/mol. The third kappa shape index (κ3) is 2.29. The molecule has 1 fully saturated rings. The number of ketones is 1. The first kappa shape index (κ1) is 10.2. The number of carbonyl (C=O) groups is 2. The first-order valence-corrected chi connectivity index (χ1v) is 4.96. The highest BCUT2D eigenvalue weighted by Gasteiger charge is 2.27. The number of likely N-dealkylation sites (tertiary alicyclic amines) is 1. The summed E-state index contributed by atoms with van der Waals surface area (Å²) in [4.78, 5) is 24.4. The second-order valence-corrected chi connectivity index (χ2v) is 3.58. The van der Waals surface area contributed by atoms with Crippen molar-refractivity contribution in [1.29, 1.82) is 0 Å². The largest absolute Gasteiger partial charge is 0.333 e. The molecule has 3 nitrogen and oxygen atoms in total. The van der Waals surface area contributed by atoms with Gasteiger partial charge in [0.25, 0.3) is 0 Å². The SMILES string of the molecule is CC[C@@H](C(C)=O)N1CCCCC1=O. The van der Waals surface area contributed by atoms with Gasteiger partial charge >= 0.3 is 0 Å². The quantitative estimate of drug-likeness (QED) is 0.662. The van der Waals surface area contributed by atoms with E-state index in [0.29, 0.717) is 6.42 Å². The molecule has 0 aromatic heterocycles. The first-order valence-electron chi connectivity index (χ1n) is 4.96. The summed E-state index contributed by atoms with van der Waals surface area (Å²) in [6.45, 7) is 4.28. The standard InChI is InChI=1S/C10H17NO2/c1-3-9(8(2)12)11-7-5-4-6-10(11)13/h9H,3-7H2,1-2H3/t9-/m0/s1. The fourth-order valence-corrected chi connectivity index (χ4v) is 1.88. The van der Waals surface area contributed by atoms with E-state index in [1.807, 2.05) is 6.92 Å². The van der Waals surface area contributed by atoms with Crippen molar-refractivity contribution < 1.29 is 9.59 Å². The molecule has 0 radical (unpaired) electrons. The number of piperidine rings is 1. The van der Waals surface area contributed by atoms with Gasteiger partial charge in [-0.25, -0.2) is 0 Å². The topological polar surface area (TPSA) is 37.4 Å². The molecule has 0 saturated carbocycles. The van der Waals surface area contributed by atoms with Crippen LogP contribution >= 0.6 is 0 Å². The fraction of sp³-hybridized carbons (Fsp3) is 0.800. The van der Waals surface area contributed by atoms with Crippen molar-refractivity contribution in [2.75, 3.05) is 6.54 Å². The lowest BCUT2D eigenvalue weighted by Gasteiger charge is -2.32. The highest BCUT2D eigenvalue weighted by atomic mass is 16.2. The normalized spacial score (nSPS) is 20.2. The van der Waals surface area contributed by atoms with Gasteiger partial charge in [0, 0.05) is 13.0 Å². The minimum Gasteiger partial charge on any atom is -0.333 e. The van der Waals surface area contributed by atoms with Crippen LogP contribution in [0.15, 0.2) is 0 Å².